The number of anilines is 1. The highest BCUT2D eigenvalue weighted by Gasteiger charge is 2.30. The molecule has 1 aliphatic carbocycles. The summed E-state index contributed by atoms with van der Waals surface area (Å²) < 4.78 is 37.7. The van der Waals surface area contributed by atoms with Gasteiger partial charge in [-0.05, 0) is 31.0 Å². The first kappa shape index (κ1) is 15.3. The Balaban J connectivity index is 1.92. The minimum absolute atomic E-state index is 0.0780. The summed E-state index contributed by atoms with van der Waals surface area (Å²) in [5, 5.41) is 5.04. The monoisotopic (exact) mass is 300 g/mol. The number of carbonyl (C=O) groups is 2. The van der Waals surface area contributed by atoms with Crippen LogP contribution in [0.4, 0.5) is 23.7 Å². The van der Waals surface area contributed by atoms with Gasteiger partial charge in [0, 0.05) is 24.6 Å². The zero-order chi connectivity index (χ0) is 15.5. The minimum atomic E-state index is -4.45. The van der Waals surface area contributed by atoms with Crippen molar-refractivity contribution in [3.63, 3.8) is 0 Å². The first-order valence-electron chi connectivity index (χ1n) is 6.61. The van der Waals surface area contributed by atoms with E-state index in [9.17, 15) is 22.8 Å². The van der Waals surface area contributed by atoms with Crippen molar-refractivity contribution < 1.29 is 22.8 Å². The van der Waals surface area contributed by atoms with E-state index >= 15 is 0 Å². The molecule has 0 unspecified atom stereocenters. The van der Waals surface area contributed by atoms with Crippen LogP contribution in [0.15, 0.2) is 24.3 Å². The average molecular weight is 300 g/mol. The zero-order valence-electron chi connectivity index (χ0n) is 11.2. The third kappa shape index (κ3) is 4.47. The maximum absolute atomic E-state index is 12.6. The fourth-order valence-electron chi connectivity index (χ4n) is 2.21. The van der Waals surface area contributed by atoms with Crippen LogP contribution in [0.1, 0.15) is 31.2 Å². The lowest BCUT2D eigenvalue weighted by molar-refractivity contribution is -0.137. The van der Waals surface area contributed by atoms with Gasteiger partial charge in [0.05, 0.1) is 5.56 Å². The number of carbonyl (C=O) groups excluding carboxylic acids is 2. The lowest BCUT2D eigenvalue weighted by atomic mass is 9.94. The average Bonchev–Trinajstić information content (AvgIpc) is 2.41. The van der Waals surface area contributed by atoms with Crippen molar-refractivity contribution in [2.75, 3.05) is 5.32 Å². The number of nitrogens with one attached hydrogen (secondary N) is 2. The van der Waals surface area contributed by atoms with Gasteiger partial charge in [0.2, 0.25) is 0 Å². The Labute approximate surface area is 119 Å². The molecule has 2 N–H and O–H groups in total. The van der Waals surface area contributed by atoms with Crippen molar-refractivity contribution in [3.8, 4) is 0 Å². The van der Waals surface area contributed by atoms with Crippen LogP contribution in [0, 0.1) is 0 Å². The first-order chi connectivity index (χ1) is 9.84. The Morgan fingerprint density at radius 1 is 1.19 bits per heavy atom. The van der Waals surface area contributed by atoms with Crippen LogP contribution in [0.2, 0.25) is 0 Å². The van der Waals surface area contributed by atoms with Crippen LogP contribution in [0.5, 0.6) is 0 Å². The number of ketones is 1. The predicted molar refractivity (Wildman–Crippen MR) is 70.9 cm³/mol. The number of alkyl halides is 3. The molecule has 1 aliphatic rings. The van der Waals surface area contributed by atoms with Crippen LogP contribution in [-0.4, -0.2) is 17.9 Å². The van der Waals surface area contributed by atoms with E-state index in [1.54, 1.807) is 0 Å². The quantitative estimate of drug-likeness (QED) is 0.880. The molecule has 1 fully saturated rings. The standard InChI is InChI=1S/C14H15F3N2O2/c15-14(16,17)9-2-1-3-11(8-9)19-13(21)18-10-4-6-12(20)7-5-10/h1-3,8,10H,4-7H2,(H2,18,19,21). The van der Waals surface area contributed by atoms with E-state index in [1.165, 1.54) is 12.1 Å². The molecular formula is C14H15F3N2O2. The topological polar surface area (TPSA) is 58.2 Å². The summed E-state index contributed by atoms with van der Waals surface area (Å²) in [7, 11) is 0. The van der Waals surface area contributed by atoms with Crippen LogP contribution < -0.4 is 10.6 Å². The molecule has 2 rings (SSSR count). The van der Waals surface area contributed by atoms with Gasteiger partial charge in [-0.25, -0.2) is 4.79 Å². The van der Waals surface area contributed by atoms with E-state index in [2.05, 4.69) is 10.6 Å². The van der Waals surface area contributed by atoms with Crippen LogP contribution in [0.3, 0.4) is 0 Å². The van der Waals surface area contributed by atoms with Gasteiger partial charge in [-0.3, -0.25) is 4.79 Å². The number of halogens is 3. The smallest absolute Gasteiger partial charge is 0.335 e. The molecule has 0 atom stereocenters. The largest absolute Gasteiger partial charge is 0.416 e. The van der Waals surface area contributed by atoms with E-state index in [4.69, 9.17) is 0 Å². The number of amides is 2. The molecule has 7 heteroatoms. The molecule has 1 saturated carbocycles. The molecule has 4 nitrogen and oxygen atoms in total. The summed E-state index contributed by atoms with van der Waals surface area (Å²) in [6.45, 7) is 0. The van der Waals surface area contributed by atoms with Crippen LogP contribution >= 0.6 is 0 Å². The van der Waals surface area contributed by atoms with Crippen molar-refractivity contribution in [1.82, 2.24) is 5.32 Å². The predicted octanol–water partition coefficient (Wildman–Crippen LogP) is 3.34. The minimum Gasteiger partial charge on any atom is -0.335 e. The number of hydrogen-bond donors (Lipinski definition) is 2. The number of hydrogen-bond acceptors (Lipinski definition) is 2. The van der Waals surface area contributed by atoms with E-state index in [-0.39, 0.29) is 17.5 Å². The Morgan fingerprint density at radius 2 is 1.86 bits per heavy atom. The summed E-state index contributed by atoms with van der Waals surface area (Å²) in [5.74, 6) is 0.173. The number of Topliss-reactive ketones (excluding diaryl/α,β-unsaturated/α-hetero) is 1. The highest BCUT2D eigenvalue weighted by Crippen LogP contribution is 2.30. The number of rotatable bonds is 2. The summed E-state index contributed by atoms with van der Waals surface area (Å²) in [4.78, 5) is 22.8. The molecule has 114 valence electrons. The highest BCUT2D eigenvalue weighted by molar-refractivity contribution is 5.89. The molecule has 1 aromatic rings. The second kappa shape index (κ2) is 6.15. The van der Waals surface area contributed by atoms with Crippen molar-refractivity contribution in [1.29, 1.82) is 0 Å². The first-order valence-corrected chi connectivity index (χ1v) is 6.61. The summed E-state index contributed by atoms with van der Waals surface area (Å²) in [5.41, 5.74) is -0.738. The molecule has 1 aromatic carbocycles. The maximum Gasteiger partial charge on any atom is 0.416 e. The van der Waals surface area contributed by atoms with Gasteiger partial charge in [0.15, 0.2) is 0 Å². The van der Waals surface area contributed by atoms with Gasteiger partial charge in [-0.1, -0.05) is 6.07 Å². The lowest BCUT2D eigenvalue weighted by Crippen LogP contribution is -2.40. The van der Waals surface area contributed by atoms with Crippen LogP contribution in [-0.2, 0) is 11.0 Å². The summed E-state index contributed by atoms with van der Waals surface area (Å²) in [6.07, 6.45) is -2.47. The zero-order valence-corrected chi connectivity index (χ0v) is 11.2. The molecule has 0 heterocycles. The van der Waals surface area contributed by atoms with Crippen molar-refractivity contribution >= 4 is 17.5 Å². The van der Waals surface area contributed by atoms with Crippen LogP contribution in [0.25, 0.3) is 0 Å². The number of benzene rings is 1. The molecule has 0 saturated heterocycles. The Bertz CT molecular complexity index is 533. The SMILES string of the molecule is O=C1CCC(NC(=O)Nc2cccc(C(F)(F)F)c2)CC1. The third-order valence-electron chi connectivity index (χ3n) is 3.33. The Morgan fingerprint density at radius 3 is 2.48 bits per heavy atom. The van der Waals surface area contributed by atoms with Gasteiger partial charge < -0.3 is 10.6 Å². The second-order valence-corrected chi connectivity index (χ2v) is 4.99. The van der Waals surface area contributed by atoms with E-state index < -0.39 is 17.8 Å². The molecule has 0 bridgehead atoms. The van der Waals surface area contributed by atoms with Gasteiger partial charge in [0.1, 0.15) is 5.78 Å². The molecule has 21 heavy (non-hydrogen) atoms. The molecule has 2 amide bonds. The van der Waals surface area contributed by atoms with Crippen molar-refractivity contribution in [3.05, 3.63) is 29.8 Å². The Hall–Kier alpha value is -2.05. The Kier molecular flexibility index (Phi) is 4.50. The normalized spacial score (nSPS) is 16.6. The van der Waals surface area contributed by atoms with Gasteiger partial charge in [0.25, 0.3) is 0 Å². The lowest BCUT2D eigenvalue weighted by Gasteiger charge is -2.22. The molecule has 0 aromatic heterocycles. The van der Waals surface area contributed by atoms with E-state index in [0.717, 1.165) is 12.1 Å². The highest BCUT2D eigenvalue weighted by atomic mass is 19.4. The molecule has 0 spiro atoms. The second-order valence-electron chi connectivity index (χ2n) is 4.99. The van der Waals surface area contributed by atoms with E-state index in [0.29, 0.717) is 25.7 Å². The van der Waals surface area contributed by atoms with Gasteiger partial charge in [-0.15, -0.1) is 0 Å². The van der Waals surface area contributed by atoms with Gasteiger partial charge >= 0.3 is 12.2 Å². The number of urea groups is 1. The van der Waals surface area contributed by atoms with Crippen molar-refractivity contribution in [2.24, 2.45) is 0 Å². The maximum atomic E-state index is 12.6. The van der Waals surface area contributed by atoms with Crippen molar-refractivity contribution in [2.45, 2.75) is 37.9 Å². The van der Waals surface area contributed by atoms with Gasteiger partial charge in [-0.2, -0.15) is 13.2 Å². The molecular weight excluding hydrogens is 285 g/mol. The third-order valence-corrected chi connectivity index (χ3v) is 3.33. The summed E-state index contributed by atoms with van der Waals surface area (Å²) in [6, 6.07) is 3.76. The van der Waals surface area contributed by atoms with E-state index in [1.807, 2.05) is 0 Å². The molecule has 0 radical (unpaired) electrons. The fraction of sp³-hybridized carbons (Fsp3) is 0.429. The fourth-order valence-corrected chi connectivity index (χ4v) is 2.21. The molecule has 0 aliphatic heterocycles. The summed E-state index contributed by atoms with van der Waals surface area (Å²) >= 11 is 0.